The van der Waals surface area contributed by atoms with Crippen LogP contribution in [-0.2, 0) is 6.42 Å². The topological polar surface area (TPSA) is 164 Å². The predicted octanol–water partition coefficient (Wildman–Crippen LogP) is 3.83. The summed E-state index contributed by atoms with van der Waals surface area (Å²) in [6.07, 6.45) is 1.30. The van der Waals surface area contributed by atoms with Crippen LogP contribution in [0.1, 0.15) is 53.4 Å². The summed E-state index contributed by atoms with van der Waals surface area (Å²) in [7, 11) is 3.91. The maximum absolute atomic E-state index is 12.7. The summed E-state index contributed by atoms with van der Waals surface area (Å²) in [5.74, 6) is -3.91. The van der Waals surface area contributed by atoms with Crippen molar-refractivity contribution in [2.45, 2.75) is 12.8 Å². The smallest absolute Gasteiger partial charge is 0.336 e. The van der Waals surface area contributed by atoms with E-state index >= 15 is 0 Å². The van der Waals surface area contributed by atoms with Gasteiger partial charge in [-0.05, 0) is 95.6 Å². The number of nitrogens with zero attached hydrogens (tertiary/aromatic N) is 1. The Morgan fingerprint density at radius 2 is 1.16 bits per heavy atom. The Hall–Kier alpha value is -4.76. The zero-order valence-electron chi connectivity index (χ0n) is 20.8. The first-order valence-corrected chi connectivity index (χ1v) is 12.0. The highest BCUT2D eigenvalue weighted by Crippen LogP contribution is 2.45. The van der Waals surface area contributed by atoms with Crippen LogP contribution in [0, 0.1) is 0 Å². The minimum absolute atomic E-state index is 0.121. The van der Waals surface area contributed by atoms with Crippen molar-refractivity contribution in [2.75, 3.05) is 20.6 Å². The van der Waals surface area contributed by atoms with Gasteiger partial charge in [0, 0.05) is 21.9 Å². The van der Waals surface area contributed by atoms with Crippen molar-refractivity contribution in [3.63, 3.8) is 0 Å². The summed E-state index contributed by atoms with van der Waals surface area (Å²) >= 11 is 0. The third kappa shape index (κ3) is 3.67. The molecule has 0 saturated heterocycles. The Morgan fingerprint density at radius 3 is 1.68 bits per heavy atom. The molecule has 5 aromatic rings. The number of nitrogens with two attached hydrogens (primary N) is 2. The van der Waals surface area contributed by atoms with Crippen LogP contribution < -0.4 is 11.5 Å². The maximum atomic E-state index is 12.7. The van der Waals surface area contributed by atoms with Crippen molar-refractivity contribution in [3.8, 4) is 0 Å². The van der Waals surface area contributed by atoms with Gasteiger partial charge in [0.25, 0.3) is 0 Å². The van der Waals surface area contributed by atoms with Gasteiger partial charge in [-0.25, -0.2) is 9.59 Å². The highest BCUT2D eigenvalue weighted by atomic mass is 16.4. The molecular formula is C29H25N3O6. The molecule has 5 aromatic carbocycles. The fraction of sp³-hybridized carbons (Fsp3) is 0.172. The lowest BCUT2D eigenvalue weighted by Crippen LogP contribution is -2.18. The number of carbonyl (C=O) groups excluding carboxylic acids is 2. The molecule has 0 fully saturated rings. The Kier molecular flexibility index (Phi) is 5.88. The van der Waals surface area contributed by atoms with E-state index in [9.17, 15) is 29.4 Å². The van der Waals surface area contributed by atoms with Gasteiger partial charge in [0.1, 0.15) is 0 Å². The lowest BCUT2D eigenvalue weighted by molar-refractivity contribution is 0.0695. The van der Waals surface area contributed by atoms with Crippen LogP contribution >= 0.6 is 0 Å². The van der Waals surface area contributed by atoms with Crippen LogP contribution in [0.3, 0.4) is 0 Å². The standard InChI is InChI=1S/C29H25N3O6/c1-32(2)11-3-4-13-12-20(27(31)34)23-17(26(30)33)8-5-15-14-6-9-18(28(35)36)24-19(29(37)38)10-7-16(22(14)24)21(13)25(15)23/h5-10,12H,3-4,11H2,1-2H3,(H2,30,33)(H2,31,34)(H,35,36)(H,37,38). The first-order valence-electron chi connectivity index (χ1n) is 12.0. The minimum Gasteiger partial charge on any atom is -0.478 e. The summed E-state index contributed by atoms with van der Waals surface area (Å²) < 4.78 is 0. The second-order valence-electron chi connectivity index (χ2n) is 9.69. The quantitative estimate of drug-likeness (QED) is 0.182. The number of hydrogen-bond donors (Lipinski definition) is 4. The zero-order chi connectivity index (χ0) is 27.5. The number of carbonyl (C=O) groups is 4. The zero-order valence-corrected chi connectivity index (χ0v) is 20.8. The third-order valence-electron chi connectivity index (χ3n) is 7.13. The second-order valence-corrected chi connectivity index (χ2v) is 9.69. The molecule has 9 nitrogen and oxygen atoms in total. The summed E-state index contributed by atoms with van der Waals surface area (Å²) in [6, 6.07) is 11.0. The monoisotopic (exact) mass is 511 g/mol. The van der Waals surface area contributed by atoms with Gasteiger partial charge >= 0.3 is 11.9 Å². The maximum Gasteiger partial charge on any atom is 0.336 e. The van der Waals surface area contributed by atoms with Crippen molar-refractivity contribution in [2.24, 2.45) is 11.5 Å². The van der Waals surface area contributed by atoms with Gasteiger partial charge < -0.3 is 26.6 Å². The van der Waals surface area contributed by atoms with E-state index < -0.39 is 23.8 Å². The van der Waals surface area contributed by atoms with Gasteiger partial charge in [0.2, 0.25) is 11.8 Å². The lowest BCUT2D eigenvalue weighted by atomic mass is 9.81. The molecule has 192 valence electrons. The van der Waals surface area contributed by atoms with Crippen LogP contribution in [0.25, 0.3) is 43.1 Å². The van der Waals surface area contributed by atoms with Crippen molar-refractivity contribution in [1.82, 2.24) is 4.90 Å². The van der Waals surface area contributed by atoms with Gasteiger partial charge in [0.05, 0.1) is 11.1 Å². The predicted molar refractivity (Wildman–Crippen MR) is 145 cm³/mol. The molecule has 2 amide bonds. The molecule has 0 heterocycles. The molecule has 0 bridgehead atoms. The largest absolute Gasteiger partial charge is 0.478 e. The van der Waals surface area contributed by atoms with Crippen LogP contribution in [0.4, 0.5) is 0 Å². The number of rotatable bonds is 8. The van der Waals surface area contributed by atoms with Crippen molar-refractivity contribution in [3.05, 3.63) is 70.3 Å². The number of primary amides is 2. The number of aryl methyl sites for hydroxylation is 1. The minimum atomic E-state index is -1.24. The lowest BCUT2D eigenvalue weighted by Gasteiger charge is -2.21. The molecule has 0 saturated carbocycles. The van der Waals surface area contributed by atoms with E-state index in [1.807, 2.05) is 19.0 Å². The highest BCUT2D eigenvalue weighted by Gasteiger charge is 2.26. The van der Waals surface area contributed by atoms with Crippen LogP contribution in [0.5, 0.6) is 0 Å². The van der Waals surface area contributed by atoms with Crippen molar-refractivity contribution >= 4 is 66.8 Å². The van der Waals surface area contributed by atoms with Crippen LogP contribution in [0.15, 0.2) is 42.5 Å². The molecule has 5 rings (SSSR count). The molecule has 0 radical (unpaired) electrons. The van der Waals surface area contributed by atoms with E-state index in [0.29, 0.717) is 44.1 Å². The fourth-order valence-corrected chi connectivity index (χ4v) is 5.62. The molecule has 0 spiro atoms. The van der Waals surface area contributed by atoms with E-state index in [0.717, 1.165) is 18.5 Å². The molecule has 0 unspecified atom stereocenters. The third-order valence-corrected chi connectivity index (χ3v) is 7.13. The van der Waals surface area contributed by atoms with E-state index in [4.69, 9.17) is 11.5 Å². The molecule has 0 aliphatic rings. The molecule has 9 heteroatoms. The van der Waals surface area contributed by atoms with E-state index in [-0.39, 0.29) is 27.6 Å². The van der Waals surface area contributed by atoms with E-state index in [2.05, 4.69) is 0 Å². The Balaban J connectivity index is 2.10. The first kappa shape index (κ1) is 24.9. The number of carboxylic acid groups (broad SMARTS) is 2. The number of benzene rings is 5. The summed E-state index contributed by atoms with van der Waals surface area (Å²) in [4.78, 5) is 51.5. The first-order chi connectivity index (χ1) is 18.0. The number of carboxylic acids is 2. The number of aromatic carboxylic acids is 2. The highest BCUT2D eigenvalue weighted by molar-refractivity contribution is 6.38. The Bertz CT molecular complexity index is 1820. The average Bonchev–Trinajstić information content (AvgIpc) is 2.85. The van der Waals surface area contributed by atoms with Gasteiger partial charge in [-0.15, -0.1) is 0 Å². The Morgan fingerprint density at radius 1 is 0.658 bits per heavy atom. The number of amides is 2. The molecule has 0 aliphatic carbocycles. The molecule has 38 heavy (non-hydrogen) atoms. The summed E-state index contributed by atoms with van der Waals surface area (Å²) in [5.41, 5.74) is 12.4. The van der Waals surface area contributed by atoms with Gasteiger partial charge in [-0.1, -0.05) is 18.2 Å². The van der Waals surface area contributed by atoms with Gasteiger partial charge in [0.15, 0.2) is 0 Å². The second kappa shape index (κ2) is 8.97. The fourth-order valence-electron chi connectivity index (χ4n) is 5.62. The van der Waals surface area contributed by atoms with Crippen LogP contribution in [-0.4, -0.2) is 59.5 Å². The molecule has 0 atom stereocenters. The molecule has 0 aromatic heterocycles. The van der Waals surface area contributed by atoms with E-state index in [1.165, 1.54) is 18.2 Å². The van der Waals surface area contributed by atoms with E-state index in [1.54, 1.807) is 24.3 Å². The number of hydrogen-bond acceptors (Lipinski definition) is 5. The Labute approximate surface area is 216 Å². The SMILES string of the molecule is CN(C)CCCc1cc(C(N)=O)c2c(C(N)=O)ccc3c4ccc(C(=O)O)c5c(C(=O)O)ccc(c1c23)c54. The molecule has 0 aliphatic heterocycles. The van der Waals surface area contributed by atoms with Crippen molar-refractivity contribution < 1.29 is 29.4 Å². The summed E-state index contributed by atoms with van der Waals surface area (Å²) in [6.45, 7) is 0.769. The van der Waals surface area contributed by atoms with Gasteiger partial charge in [-0.2, -0.15) is 0 Å². The van der Waals surface area contributed by atoms with Crippen LogP contribution in [0.2, 0.25) is 0 Å². The van der Waals surface area contributed by atoms with Crippen molar-refractivity contribution in [1.29, 1.82) is 0 Å². The number of fused-ring (bicyclic) bond motifs is 2. The summed E-state index contributed by atoms with van der Waals surface area (Å²) in [5, 5.41) is 24.0. The normalized spacial score (nSPS) is 11.8. The molecule has 6 N–H and O–H groups in total. The van der Waals surface area contributed by atoms with Gasteiger partial charge in [-0.3, -0.25) is 9.59 Å². The average molecular weight is 512 g/mol. The molecular weight excluding hydrogens is 486 g/mol.